The Morgan fingerprint density at radius 3 is 2.47 bits per heavy atom. The highest BCUT2D eigenvalue weighted by Gasteiger charge is 2.34. The number of hydrogen-bond donors (Lipinski definition) is 0. The van der Waals surface area contributed by atoms with E-state index < -0.39 is 10.0 Å². The van der Waals surface area contributed by atoms with Crippen LogP contribution in [0.25, 0.3) is 10.9 Å². The molecule has 1 fully saturated rings. The summed E-state index contributed by atoms with van der Waals surface area (Å²) in [5, 5.41) is 4.61. The van der Waals surface area contributed by atoms with Gasteiger partial charge in [0, 0.05) is 31.6 Å². The average molecular weight is 430 g/mol. The summed E-state index contributed by atoms with van der Waals surface area (Å²) in [4.78, 5) is 19.1. The van der Waals surface area contributed by atoms with E-state index in [0.29, 0.717) is 16.9 Å². The first-order valence-electron chi connectivity index (χ1n) is 9.48. The molecule has 158 valence electrons. The molecule has 30 heavy (non-hydrogen) atoms. The maximum atomic E-state index is 12.9. The molecule has 0 atom stereocenters. The summed E-state index contributed by atoms with van der Waals surface area (Å²) >= 11 is 0. The van der Waals surface area contributed by atoms with Crippen LogP contribution in [-0.4, -0.2) is 67.0 Å². The molecule has 1 saturated heterocycles. The number of nitrogens with zero attached hydrogens (tertiary/aromatic N) is 4. The van der Waals surface area contributed by atoms with E-state index in [1.807, 2.05) is 12.1 Å². The monoisotopic (exact) mass is 430 g/mol. The van der Waals surface area contributed by atoms with Crippen LogP contribution in [0.2, 0.25) is 0 Å². The molecule has 1 aromatic carbocycles. The fourth-order valence-corrected chi connectivity index (χ4v) is 5.33. The second-order valence-corrected chi connectivity index (χ2v) is 8.98. The van der Waals surface area contributed by atoms with Gasteiger partial charge < -0.3 is 14.2 Å². The number of pyridine rings is 1. The van der Waals surface area contributed by atoms with Crippen LogP contribution >= 0.6 is 0 Å². The number of aryl methyl sites for hydroxylation is 2. The number of amides is 1. The summed E-state index contributed by atoms with van der Waals surface area (Å²) < 4.78 is 37.4. The molecule has 1 amide bonds. The van der Waals surface area contributed by atoms with Gasteiger partial charge in [-0.3, -0.25) is 4.79 Å². The second-order valence-electron chi connectivity index (χ2n) is 7.10. The van der Waals surface area contributed by atoms with Crippen LogP contribution in [0.1, 0.15) is 21.9 Å². The van der Waals surface area contributed by atoms with Gasteiger partial charge >= 0.3 is 0 Å². The maximum Gasteiger partial charge on any atom is 0.272 e. The van der Waals surface area contributed by atoms with Gasteiger partial charge in [0.2, 0.25) is 10.0 Å². The van der Waals surface area contributed by atoms with Crippen LogP contribution in [0.4, 0.5) is 0 Å². The maximum absolute atomic E-state index is 12.9. The van der Waals surface area contributed by atoms with Gasteiger partial charge in [-0.1, -0.05) is 11.2 Å². The van der Waals surface area contributed by atoms with Crippen molar-refractivity contribution in [1.29, 1.82) is 0 Å². The van der Waals surface area contributed by atoms with E-state index in [2.05, 4.69) is 10.1 Å². The number of hydrogen-bond acceptors (Lipinski definition) is 7. The molecule has 0 N–H and O–H groups in total. The van der Waals surface area contributed by atoms with Crippen molar-refractivity contribution in [1.82, 2.24) is 19.3 Å². The molecule has 1 aliphatic rings. The van der Waals surface area contributed by atoms with Crippen LogP contribution in [-0.2, 0) is 10.0 Å². The molecule has 10 heteroatoms. The molecule has 3 aromatic rings. The van der Waals surface area contributed by atoms with Crippen molar-refractivity contribution in [2.24, 2.45) is 0 Å². The standard InChI is InChI=1S/C20H22N4O5S/c1-13-19(14(2)29-22-13)30(26,27)24-10-8-23(9-11-24)20(25)18-6-4-15-12-16(28-3)5-7-17(15)21-18/h4-7,12H,8-11H2,1-3H3. The first-order valence-corrected chi connectivity index (χ1v) is 10.9. The highest BCUT2D eigenvalue weighted by atomic mass is 32.2. The zero-order chi connectivity index (χ0) is 21.5. The van der Waals surface area contributed by atoms with E-state index in [-0.39, 0.29) is 42.7 Å². The Labute approximate surface area is 174 Å². The molecule has 3 heterocycles. The van der Waals surface area contributed by atoms with Gasteiger partial charge in [-0.2, -0.15) is 4.31 Å². The van der Waals surface area contributed by atoms with Crippen molar-refractivity contribution < 1.29 is 22.5 Å². The third-order valence-corrected chi connectivity index (χ3v) is 7.35. The molecule has 0 radical (unpaired) electrons. The van der Waals surface area contributed by atoms with E-state index in [9.17, 15) is 13.2 Å². The highest BCUT2D eigenvalue weighted by molar-refractivity contribution is 7.89. The van der Waals surface area contributed by atoms with Gasteiger partial charge in [0.15, 0.2) is 5.76 Å². The summed E-state index contributed by atoms with van der Waals surface area (Å²) in [6, 6.07) is 8.96. The second kappa shape index (κ2) is 7.69. The third-order valence-electron chi connectivity index (χ3n) is 5.21. The first-order chi connectivity index (χ1) is 14.3. The summed E-state index contributed by atoms with van der Waals surface area (Å²) in [5.41, 5.74) is 1.36. The number of ether oxygens (including phenoxy) is 1. The fourth-order valence-electron chi connectivity index (χ4n) is 3.62. The number of fused-ring (bicyclic) bond motifs is 1. The van der Waals surface area contributed by atoms with Gasteiger partial charge in [0.25, 0.3) is 5.91 Å². The van der Waals surface area contributed by atoms with Crippen LogP contribution in [0, 0.1) is 13.8 Å². The van der Waals surface area contributed by atoms with Crippen molar-refractivity contribution >= 4 is 26.8 Å². The van der Waals surface area contributed by atoms with Crippen molar-refractivity contribution in [2.45, 2.75) is 18.7 Å². The molecular weight excluding hydrogens is 408 g/mol. The molecule has 0 saturated carbocycles. The molecule has 4 rings (SSSR count). The number of piperazine rings is 1. The zero-order valence-corrected chi connectivity index (χ0v) is 17.8. The zero-order valence-electron chi connectivity index (χ0n) is 17.0. The largest absolute Gasteiger partial charge is 0.497 e. The van der Waals surface area contributed by atoms with Crippen molar-refractivity contribution in [3.63, 3.8) is 0 Å². The van der Waals surface area contributed by atoms with Crippen LogP contribution < -0.4 is 4.74 Å². The number of aromatic nitrogens is 2. The van der Waals surface area contributed by atoms with Gasteiger partial charge in [-0.25, -0.2) is 13.4 Å². The Kier molecular flexibility index (Phi) is 5.20. The lowest BCUT2D eigenvalue weighted by atomic mass is 10.2. The summed E-state index contributed by atoms with van der Waals surface area (Å²) in [7, 11) is -2.12. The summed E-state index contributed by atoms with van der Waals surface area (Å²) in [5.74, 6) is 0.768. The van der Waals surface area contributed by atoms with Gasteiger partial charge in [-0.15, -0.1) is 0 Å². The Balaban J connectivity index is 1.49. The Hall–Kier alpha value is -2.98. The Morgan fingerprint density at radius 2 is 1.83 bits per heavy atom. The lowest BCUT2D eigenvalue weighted by Gasteiger charge is -2.33. The molecule has 0 spiro atoms. The van der Waals surface area contributed by atoms with E-state index in [1.54, 1.807) is 44.1 Å². The molecule has 0 unspecified atom stereocenters. The Bertz CT molecular complexity index is 1190. The SMILES string of the molecule is COc1ccc2nc(C(=O)N3CCN(S(=O)(=O)c4c(C)noc4C)CC3)ccc2c1. The van der Waals surface area contributed by atoms with E-state index in [1.165, 1.54) is 4.31 Å². The van der Waals surface area contributed by atoms with Crippen molar-refractivity contribution in [3.8, 4) is 5.75 Å². The normalized spacial score (nSPS) is 15.5. The van der Waals surface area contributed by atoms with E-state index >= 15 is 0 Å². The smallest absolute Gasteiger partial charge is 0.272 e. The number of sulfonamides is 1. The van der Waals surface area contributed by atoms with Gasteiger partial charge in [-0.05, 0) is 38.1 Å². The van der Waals surface area contributed by atoms with Crippen LogP contribution in [0.3, 0.4) is 0 Å². The molecule has 2 aromatic heterocycles. The van der Waals surface area contributed by atoms with Crippen molar-refractivity contribution in [2.75, 3.05) is 33.3 Å². The van der Waals surface area contributed by atoms with Gasteiger partial charge in [0.1, 0.15) is 22.0 Å². The molecule has 0 bridgehead atoms. The number of rotatable bonds is 4. The van der Waals surface area contributed by atoms with Crippen LogP contribution in [0.15, 0.2) is 39.8 Å². The topological polar surface area (TPSA) is 106 Å². The average Bonchev–Trinajstić information content (AvgIpc) is 3.11. The lowest BCUT2D eigenvalue weighted by Crippen LogP contribution is -2.50. The van der Waals surface area contributed by atoms with Gasteiger partial charge in [0.05, 0.1) is 12.6 Å². The van der Waals surface area contributed by atoms with Crippen molar-refractivity contribution in [3.05, 3.63) is 47.5 Å². The highest BCUT2D eigenvalue weighted by Crippen LogP contribution is 2.25. The minimum atomic E-state index is -3.72. The lowest BCUT2D eigenvalue weighted by molar-refractivity contribution is 0.0692. The van der Waals surface area contributed by atoms with Crippen LogP contribution in [0.5, 0.6) is 5.75 Å². The number of carbonyl (C=O) groups excluding carboxylic acids is 1. The number of methoxy groups -OCH3 is 1. The minimum Gasteiger partial charge on any atom is -0.497 e. The number of carbonyl (C=O) groups is 1. The van der Waals surface area contributed by atoms with E-state index in [4.69, 9.17) is 9.26 Å². The van der Waals surface area contributed by atoms with E-state index in [0.717, 1.165) is 11.1 Å². The minimum absolute atomic E-state index is 0.105. The summed E-state index contributed by atoms with van der Waals surface area (Å²) in [6.45, 7) is 4.14. The molecule has 9 nitrogen and oxygen atoms in total. The summed E-state index contributed by atoms with van der Waals surface area (Å²) in [6.07, 6.45) is 0. The molecule has 1 aliphatic heterocycles. The predicted molar refractivity (Wildman–Crippen MR) is 109 cm³/mol. The predicted octanol–water partition coefficient (Wildman–Crippen LogP) is 1.99. The fraction of sp³-hybridized carbons (Fsp3) is 0.350. The third kappa shape index (κ3) is 3.52. The molecular formula is C20H22N4O5S. The first kappa shape index (κ1) is 20.3. The molecule has 0 aliphatic carbocycles. The Morgan fingerprint density at radius 1 is 1.10 bits per heavy atom. The quantitative estimate of drug-likeness (QED) is 0.623. The number of benzene rings is 1.